The number of alkyl halides is 12. The van der Waals surface area contributed by atoms with Crippen LogP contribution in [-0.2, 0) is 21.7 Å². The molecular weight excluding hydrogens is 524 g/mol. The Bertz CT molecular complexity index is 438. The molecule has 4 atom stereocenters. The van der Waals surface area contributed by atoms with Crippen LogP contribution >= 0.6 is 0 Å². The predicted molar refractivity (Wildman–Crippen MR) is 90.1 cm³/mol. The molecule has 196 valence electrons. The van der Waals surface area contributed by atoms with Crippen LogP contribution in [-0.4, -0.2) is 75.1 Å². The zero-order valence-electron chi connectivity index (χ0n) is 16.9. The molecule has 17 heteroatoms. The molecule has 0 saturated carbocycles. The maximum absolute atomic E-state index is 13.1. The summed E-state index contributed by atoms with van der Waals surface area (Å²) >= 11 is 0. The van der Waals surface area contributed by atoms with Gasteiger partial charge in [-0.3, -0.25) is 0 Å². The van der Waals surface area contributed by atoms with Crippen molar-refractivity contribution < 1.29 is 74.4 Å². The molecule has 0 aliphatic carbocycles. The molecule has 0 bridgehead atoms. The minimum atomic E-state index is -4.98. The van der Waals surface area contributed by atoms with Gasteiger partial charge in [0, 0.05) is 21.7 Å². The number of hydrogen-bond donors (Lipinski definition) is 3. The number of halogens is 12. The second kappa shape index (κ2) is 13.1. The zero-order valence-corrected chi connectivity index (χ0v) is 18.5. The van der Waals surface area contributed by atoms with Crippen LogP contribution in [0.5, 0.6) is 0 Å². The van der Waals surface area contributed by atoms with E-state index in [1.54, 1.807) is 0 Å². The Labute approximate surface area is 196 Å². The van der Waals surface area contributed by atoms with Gasteiger partial charge in [0.05, 0.1) is 0 Å². The maximum atomic E-state index is 13.1. The van der Waals surface area contributed by atoms with E-state index in [1.165, 1.54) is 0 Å². The molecule has 3 N–H and O–H groups in total. The first kappa shape index (κ1) is 32.7. The summed E-state index contributed by atoms with van der Waals surface area (Å²) in [4.78, 5) is 0. The van der Waals surface area contributed by atoms with Crippen LogP contribution in [0.4, 0.5) is 52.7 Å². The van der Waals surface area contributed by atoms with Crippen molar-refractivity contribution in [2.24, 2.45) is 0 Å². The van der Waals surface area contributed by atoms with Crippen molar-refractivity contribution in [2.45, 2.75) is 74.6 Å². The van der Waals surface area contributed by atoms with Crippen molar-refractivity contribution >= 4 is 0 Å². The second-order valence-corrected chi connectivity index (χ2v) is 7.26. The van der Waals surface area contributed by atoms with Gasteiger partial charge in [-0.25, -0.2) is 0 Å². The van der Waals surface area contributed by atoms with Gasteiger partial charge < -0.3 is 21.3 Å². The third-order valence-corrected chi connectivity index (χ3v) is 4.79. The molecule has 0 radical (unpaired) electrons. The van der Waals surface area contributed by atoms with Crippen LogP contribution in [0, 0.1) is 0 Å². The van der Waals surface area contributed by atoms with Crippen molar-refractivity contribution in [1.82, 2.24) is 16.0 Å². The predicted octanol–water partition coefficient (Wildman–Crippen LogP) is 4.42. The van der Waals surface area contributed by atoms with Crippen LogP contribution < -0.4 is 16.0 Å². The molecule has 0 aromatic rings. The summed E-state index contributed by atoms with van der Waals surface area (Å²) in [7, 11) is 0. The molecule has 0 spiro atoms. The van der Waals surface area contributed by atoms with E-state index in [0.717, 1.165) is 0 Å². The molecule has 1 aliphatic heterocycles. The van der Waals surface area contributed by atoms with Crippen molar-refractivity contribution in [3.8, 4) is 0 Å². The van der Waals surface area contributed by atoms with Gasteiger partial charge in [0.1, 0.15) is 18.1 Å². The average molecular weight is 547 g/mol. The Morgan fingerprint density at radius 1 is 0.485 bits per heavy atom. The quantitative estimate of drug-likeness (QED) is 0.311. The fraction of sp³-hybridized carbons (Fsp3) is 1.00. The van der Waals surface area contributed by atoms with Crippen molar-refractivity contribution in [1.29, 1.82) is 0 Å². The Kier molecular flexibility index (Phi) is 13.0. The van der Waals surface area contributed by atoms with E-state index >= 15 is 0 Å². The SMILES string of the molecule is FC(F)(F)C1CCNC(C(F)(F)F)CCNC(C(F)(F)F)CCNC(C(F)(F)F)CC[N-]1.[Ti]. The summed E-state index contributed by atoms with van der Waals surface area (Å²) < 4.78 is 157. The summed E-state index contributed by atoms with van der Waals surface area (Å²) in [5.41, 5.74) is 0. The van der Waals surface area contributed by atoms with E-state index in [9.17, 15) is 52.7 Å². The van der Waals surface area contributed by atoms with Crippen LogP contribution in [0.15, 0.2) is 0 Å². The van der Waals surface area contributed by atoms with E-state index in [4.69, 9.17) is 0 Å². The number of hydrogen-bond acceptors (Lipinski definition) is 3. The van der Waals surface area contributed by atoms with E-state index in [-0.39, 0.29) is 21.7 Å². The van der Waals surface area contributed by atoms with Crippen LogP contribution in [0.2, 0.25) is 0 Å². The Morgan fingerprint density at radius 2 is 0.818 bits per heavy atom. The van der Waals surface area contributed by atoms with Gasteiger partial charge in [-0.15, -0.1) is 6.54 Å². The van der Waals surface area contributed by atoms with Gasteiger partial charge in [0.25, 0.3) is 0 Å². The Balaban J connectivity index is 0.0000102. The fourth-order valence-electron chi connectivity index (χ4n) is 3.06. The molecule has 4 nitrogen and oxygen atoms in total. The van der Waals surface area contributed by atoms with Crippen molar-refractivity contribution in [3.63, 3.8) is 0 Å². The van der Waals surface area contributed by atoms with Gasteiger partial charge in [-0.1, -0.05) is 0 Å². The van der Waals surface area contributed by atoms with Crippen LogP contribution in [0.3, 0.4) is 0 Å². The van der Waals surface area contributed by atoms with E-state index in [2.05, 4.69) is 5.32 Å². The monoisotopic (exact) mass is 547 g/mol. The van der Waals surface area contributed by atoms with Gasteiger partial charge in [-0.2, -0.15) is 52.7 Å². The normalized spacial score (nSPS) is 28.7. The molecule has 1 heterocycles. The molecule has 0 amide bonds. The fourth-order valence-corrected chi connectivity index (χ4v) is 3.06. The third kappa shape index (κ3) is 12.3. The minimum Gasteiger partial charge on any atom is -0.652 e. The minimum absolute atomic E-state index is 0. The van der Waals surface area contributed by atoms with E-state index in [0.29, 0.717) is 0 Å². The Hall–Kier alpha value is -0.286. The smallest absolute Gasteiger partial charge is 0.403 e. The molecule has 1 saturated heterocycles. The second-order valence-electron chi connectivity index (χ2n) is 7.26. The van der Waals surface area contributed by atoms with Gasteiger partial charge in [0.15, 0.2) is 0 Å². The summed E-state index contributed by atoms with van der Waals surface area (Å²) in [6.45, 7) is -3.44. The molecule has 1 rings (SSSR count). The largest absolute Gasteiger partial charge is 0.652 e. The topological polar surface area (TPSA) is 50.2 Å². The molecular formula is C16H23F12N4Ti-. The first-order chi connectivity index (χ1) is 14.4. The zero-order chi connectivity index (χ0) is 24.8. The van der Waals surface area contributed by atoms with Crippen LogP contribution in [0.25, 0.3) is 5.32 Å². The molecule has 4 unspecified atom stereocenters. The summed E-state index contributed by atoms with van der Waals surface area (Å²) in [5, 5.41) is 8.66. The molecule has 0 aromatic heterocycles. The summed E-state index contributed by atoms with van der Waals surface area (Å²) in [6, 6.07) is -9.63. The van der Waals surface area contributed by atoms with E-state index < -0.39 is 101 Å². The van der Waals surface area contributed by atoms with Crippen LogP contribution in [0.1, 0.15) is 25.7 Å². The first-order valence-electron chi connectivity index (χ1n) is 9.56. The van der Waals surface area contributed by atoms with Crippen molar-refractivity contribution in [3.05, 3.63) is 5.32 Å². The molecule has 33 heavy (non-hydrogen) atoms. The summed E-state index contributed by atoms with van der Waals surface area (Å²) in [5.74, 6) is 0. The number of nitrogens with one attached hydrogen (secondary N) is 3. The number of nitrogens with zero attached hydrogens (tertiary/aromatic N) is 1. The number of rotatable bonds is 0. The maximum Gasteiger partial charge on any atom is 0.403 e. The standard InChI is InChI=1S/C16H23F12N4.Ti/c17-13(18,19)9-1-5-29-10(14(20,21)22)3-7-31-12(16(26,27)28)4-8-32-11(2-6-30-9)15(23,24)25;/h9-12,29-31H,1-8H2;/q-1;. The van der Waals surface area contributed by atoms with Gasteiger partial charge in [0.2, 0.25) is 0 Å². The average Bonchev–Trinajstić information content (AvgIpc) is 2.57. The molecule has 1 fully saturated rings. The Morgan fingerprint density at radius 3 is 1.15 bits per heavy atom. The summed E-state index contributed by atoms with van der Waals surface area (Å²) in [6.07, 6.45) is -23.6. The van der Waals surface area contributed by atoms with E-state index in [1.807, 2.05) is 16.0 Å². The molecule has 0 aromatic carbocycles. The first-order valence-corrected chi connectivity index (χ1v) is 9.56. The molecule has 1 aliphatic rings. The van der Waals surface area contributed by atoms with Crippen molar-refractivity contribution in [2.75, 3.05) is 26.2 Å². The van der Waals surface area contributed by atoms with Gasteiger partial charge in [-0.05, 0) is 51.4 Å². The third-order valence-electron chi connectivity index (χ3n) is 4.79. The van der Waals surface area contributed by atoms with Gasteiger partial charge >= 0.3 is 24.7 Å².